The zero-order chi connectivity index (χ0) is 23.2. The van der Waals surface area contributed by atoms with Crippen LogP contribution in [0.4, 0.5) is 4.39 Å². The number of nitrogens with zero attached hydrogens (tertiary/aromatic N) is 2. The van der Waals surface area contributed by atoms with Gasteiger partial charge in [0.1, 0.15) is 12.4 Å². The van der Waals surface area contributed by atoms with E-state index in [0.717, 1.165) is 0 Å². The summed E-state index contributed by atoms with van der Waals surface area (Å²) >= 11 is 0. The molecule has 2 N–H and O–H groups in total. The van der Waals surface area contributed by atoms with Gasteiger partial charge < -0.3 is 24.1 Å². The van der Waals surface area contributed by atoms with Crippen LogP contribution in [0.2, 0.25) is 0 Å². The molecule has 0 bridgehead atoms. The van der Waals surface area contributed by atoms with Gasteiger partial charge in [0.05, 0.1) is 41.2 Å². The number of hydrogen-bond acceptors (Lipinski definition) is 6. The molecule has 3 aliphatic rings. The molecule has 2 aromatic heterocycles. The van der Waals surface area contributed by atoms with Gasteiger partial charge in [0.15, 0.2) is 11.0 Å². The fourth-order valence-corrected chi connectivity index (χ4v) is 5.66. The lowest BCUT2D eigenvalue weighted by Crippen LogP contribution is -2.44. The lowest BCUT2D eigenvalue weighted by molar-refractivity contribution is -0.172. The molecule has 0 aliphatic carbocycles. The number of aliphatic hydroxyl groups excluding tert-OH is 1. The first kappa shape index (κ1) is 20.3. The van der Waals surface area contributed by atoms with Crippen molar-refractivity contribution in [2.75, 3.05) is 6.61 Å². The van der Waals surface area contributed by atoms with Crippen LogP contribution in [0.15, 0.2) is 27.8 Å². The highest BCUT2D eigenvalue weighted by molar-refractivity contribution is 5.90. The molecule has 9 heteroatoms. The van der Waals surface area contributed by atoms with E-state index in [1.165, 1.54) is 22.8 Å². The molecule has 0 radical (unpaired) electrons. The zero-order valence-corrected chi connectivity index (χ0v) is 17.9. The molecule has 6 rings (SSSR count). The van der Waals surface area contributed by atoms with E-state index < -0.39 is 28.4 Å². The van der Waals surface area contributed by atoms with E-state index in [9.17, 15) is 29.0 Å². The fraction of sp³-hybridized carbons (Fsp3) is 0.375. The first-order valence-corrected chi connectivity index (χ1v) is 11.0. The van der Waals surface area contributed by atoms with Gasteiger partial charge in [0.2, 0.25) is 0 Å². The molecule has 0 saturated heterocycles. The average Bonchev–Trinajstić information content (AvgIpc) is 3.20. The maximum atomic E-state index is 14.5. The number of pyridine rings is 2. The van der Waals surface area contributed by atoms with Crippen LogP contribution in [0.3, 0.4) is 0 Å². The van der Waals surface area contributed by atoms with Crippen molar-refractivity contribution >= 4 is 16.9 Å². The van der Waals surface area contributed by atoms with Crippen LogP contribution in [0, 0.1) is 5.82 Å². The maximum absolute atomic E-state index is 14.5. The molecule has 3 aliphatic heterocycles. The smallest absolute Gasteiger partial charge is 0.343 e. The van der Waals surface area contributed by atoms with Crippen molar-refractivity contribution in [2.24, 2.45) is 0 Å². The van der Waals surface area contributed by atoms with Crippen LogP contribution in [0.1, 0.15) is 48.1 Å². The molecule has 1 aromatic carbocycles. The Hall–Kier alpha value is -3.30. The van der Waals surface area contributed by atoms with E-state index in [0.29, 0.717) is 35.4 Å². The van der Waals surface area contributed by atoms with Gasteiger partial charge in [-0.2, -0.15) is 0 Å². The Morgan fingerprint density at radius 3 is 2.73 bits per heavy atom. The molecule has 2 atom stereocenters. The molecule has 0 fully saturated rings. The fourth-order valence-electron chi connectivity index (χ4n) is 5.66. The summed E-state index contributed by atoms with van der Waals surface area (Å²) in [7, 11) is 0. The third kappa shape index (κ3) is 2.43. The Bertz CT molecular complexity index is 1520. The number of fused-ring (bicyclic) bond motifs is 5. The van der Waals surface area contributed by atoms with Crippen molar-refractivity contribution in [3.63, 3.8) is 0 Å². The Labute approximate surface area is 186 Å². The Morgan fingerprint density at radius 1 is 1.21 bits per heavy atom. The predicted molar refractivity (Wildman–Crippen MR) is 115 cm³/mol. The number of aliphatic hydroxyl groups is 2. The molecule has 0 amide bonds. The number of esters is 1. The highest BCUT2D eigenvalue weighted by Gasteiger charge is 2.45. The van der Waals surface area contributed by atoms with E-state index in [1.807, 2.05) is 4.57 Å². The van der Waals surface area contributed by atoms with E-state index in [-0.39, 0.29) is 54.2 Å². The summed E-state index contributed by atoms with van der Waals surface area (Å²) in [5, 5.41) is 21.0. The van der Waals surface area contributed by atoms with Gasteiger partial charge >= 0.3 is 5.97 Å². The van der Waals surface area contributed by atoms with Crippen molar-refractivity contribution in [1.29, 1.82) is 0 Å². The Kier molecular flexibility index (Phi) is 4.07. The van der Waals surface area contributed by atoms with Crippen LogP contribution in [-0.4, -0.2) is 31.9 Å². The lowest BCUT2D eigenvalue weighted by Gasteiger charge is -2.31. The lowest BCUT2D eigenvalue weighted by atomic mass is 9.85. The highest BCUT2D eigenvalue weighted by atomic mass is 19.1. The normalized spacial score (nSPS) is 22.7. The molecule has 33 heavy (non-hydrogen) atoms. The van der Waals surface area contributed by atoms with Crippen LogP contribution >= 0.6 is 0 Å². The summed E-state index contributed by atoms with van der Waals surface area (Å²) in [5.41, 5.74) is -0.0880. The minimum atomic E-state index is -1.97. The van der Waals surface area contributed by atoms with Crippen molar-refractivity contribution < 1.29 is 24.1 Å². The number of ether oxygens (including phenoxy) is 1. The van der Waals surface area contributed by atoms with Gasteiger partial charge in [-0.3, -0.25) is 9.59 Å². The summed E-state index contributed by atoms with van der Waals surface area (Å²) in [5.74, 6) is -1.67. The number of benzene rings is 1. The number of carbonyl (C=O) groups excluding carboxylic acids is 1. The summed E-state index contributed by atoms with van der Waals surface area (Å²) in [4.78, 5) is 39.4. The molecule has 0 saturated carbocycles. The first-order valence-electron chi connectivity index (χ1n) is 11.0. The highest BCUT2D eigenvalue weighted by Crippen LogP contribution is 2.41. The van der Waals surface area contributed by atoms with Gasteiger partial charge in [0, 0.05) is 23.4 Å². The Morgan fingerprint density at radius 2 is 2.00 bits per heavy atom. The second-order valence-corrected chi connectivity index (χ2v) is 8.96. The number of cyclic esters (lactones) is 1. The second kappa shape index (κ2) is 6.61. The molecule has 0 unspecified atom stereocenters. The summed E-state index contributed by atoms with van der Waals surface area (Å²) in [6.07, 6.45) is 0.574. The molecule has 170 valence electrons. The molecule has 3 aromatic rings. The third-order valence-corrected chi connectivity index (χ3v) is 7.43. The molecule has 8 nitrogen and oxygen atoms in total. The van der Waals surface area contributed by atoms with Gasteiger partial charge in [-0.05, 0) is 36.6 Å². The monoisotopic (exact) mass is 452 g/mol. The van der Waals surface area contributed by atoms with Crippen LogP contribution in [0.5, 0.6) is 0 Å². The zero-order valence-electron chi connectivity index (χ0n) is 17.9. The minimum Gasteiger partial charge on any atom is -0.458 e. The largest absolute Gasteiger partial charge is 0.458 e. The number of rotatable bonds is 2. The second-order valence-electron chi connectivity index (χ2n) is 8.96. The average molecular weight is 452 g/mol. The summed E-state index contributed by atoms with van der Waals surface area (Å²) < 4.78 is 23.0. The maximum Gasteiger partial charge on any atom is 0.343 e. The summed E-state index contributed by atoms with van der Waals surface area (Å²) in [6, 6.07) is 4.09. The van der Waals surface area contributed by atoms with Crippen LogP contribution < -0.4 is 11.0 Å². The molecular weight excluding hydrogens is 431 g/mol. The number of aryl methyl sites for hydroxylation is 1. The van der Waals surface area contributed by atoms with E-state index >= 15 is 0 Å². The van der Waals surface area contributed by atoms with Gasteiger partial charge in [-0.1, -0.05) is 6.92 Å². The molecule has 0 spiro atoms. The van der Waals surface area contributed by atoms with Gasteiger partial charge in [0.25, 0.3) is 5.56 Å². The minimum absolute atomic E-state index is 0.00759. The summed E-state index contributed by atoms with van der Waals surface area (Å²) in [6.45, 7) is 1.86. The first-order chi connectivity index (χ1) is 15.8. The number of hydrogen-bond donors (Lipinski definition) is 2. The van der Waals surface area contributed by atoms with Crippen molar-refractivity contribution in [3.05, 3.63) is 67.0 Å². The van der Waals surface area contributed by atoms with E-state index in [2.05, 4.69) is 0 Å². The predicted octanol–water partition coefficient (Wildman–Crippen LogP) is 1.47. The van der Waals surface area contributed by atoms with Gasteiger partial charge in [-0.25, -0.2) is 9.18 Å². The molecule has 5 heterocycles. The quantitative estimate of drug-likeness (QED) is 0.446. The number of carbonyl (C=O) groups is 1. The van der Waals surface area contributed by atoms with Crippen molar-refractivity contribution in [2.45, 2.75) is 51.0 Å². The van der Waals surface area contributed by atoms with E-state index in [4.69, 9.17) is 4.74 Å². The van der Waals surface area contributed by atoms with Crippen LogP contribution in [-0.2, 0) is 34.8 Å². The topological polar surface area (TPSA) is 111 Å². The Balaban J connectivity index is 1.71. The van der Waals surface area contributed by atoms with E-state index in [1.54, 1.807) is 6.92 Å². The number of halogens is 1. The van der Waals surface area contributed by atoms with Gasteiger partial charge in [-0.15, -0.1) is 0 Å². The SMILES string of the molecule is CC[C@@]1(O)C(=O)OCc2c1cc1n(c2=O)Cc2c-1c(=O)c1cc(F)cc3c1n2CC[C@@H]3CO. The molecular formula is C24H21FN2O6. The number of aromatic nitrogens is 2. The standard InChI is InChI=1S/C24H21FN2O6/c1-2-24(32)16-7-17-19-18(8-27(17)22(30)15(16)10-33-23(24)31)26-4-3-11(9-28)13-5-12(25)6-14(20(13)26)21(19)29/h5-7,11,28,32H,2-4,8-10H2,1H3/t11-,24+/m1/s1. The van der Waals surface area contributed by atoms with Crippen molar-refractivity contribution in [3.8, 4) is 11.3 Å². The third-order valence-electron chi connectivity index (χ3n) is 7.43. The van der Waals surface area contributed by atoms with Crippen LogP contribution in [0.25, 0.3) is 22.2 Å². The van der Waals surface area contributed by atoms with Crippen molar-refractivity contribution in [1.82, 2.24) is 9.13 Å².